The quantitative estimate of drug-likeness (QED) is 0.417. The zero-order valence-electron chi connectivity index (χ0n) is 12.0. The molecular formula is C15H13N3O3S. The summed E-state index contributed by atoms with van der Waals surface area (Å²) >= 11 is 1.48. The molecule has 1 heterocycles. The number of para-hydroxylation sites is 2. The first-order valence-electron chi connectivity index (χ1n) is 6.50. The van der Waals surface area contributed by atoms with E-state index in [2.05, 4.69) is 4.98 Å². The predicted octanol–water partition coefficient (Wildman–Crippen LogP) is 3.66. The summed E-state index contributed by atoms with van der Waals surface area (Å²) in [5.74, 6) is 0.718. The van der Waals surface area contributed by atoms with Crippen LogP contribution in [0.4, 0.5) is 5.69 Å². The fraction of sp³-hybridized carbons (Fsp3) is 0.133. The number of thioether (sulfide) groups is 1. The summed E-state index contributed by atoms with van der Waals surface area (Å²) in [6.07, 6.45) is 1.92. The zero-order valence-corrected chi connectivity index (χ0v) is 12.8. The van der Waals surface area contributed by atoms with Crippen molar-refractivity contribution < 1.29 is 9.66 Å². The molecule has 0 aliphatic carbocycles. The lowest BCUT2D eigenvalue weighted by Gasteiger charge is -2.12. The number of hydrogen-bond donors (Lipinski definition) is 0. The highest BCUT2D eigenvalue weighted by Gasteiger charge is 2.17. The van der Waals surface area contributed by atoms with Crippen molar-refractivity contribution in [1.29, 1.82) is 0 Å². The number of non-ortho nitro benzene ring substituents is 1. The summed E-state index contributed by atoms with van der Waals surface area (Å²) in [5.41, 5.74) is 2.28. The molecule has 3 aromatic rings. The number of nitro benzene ring substituents is 1. The summed E-state index contributed by atoms with van der Waals surface area (Å²) in [6.45, 7) is 0. The Morgan fingerprint density at radius 3 is 2.73 bits per heavy atom. The molecule has 0 fully saturated rings. The third-order valence-electron chi connectivity index (χ3n) is 3.33. The van der Waals surface area contributed by atoms with Gasteiger partial charge in [0.2, 0.25) is 0 Å². The monoisotopic (exact) mass is 315 g/mol. The topological polar surface area (TPSA) is 70.2 Å². The van der Waals surface area contributed by atoms with Crippen LogP contribution in [0, 0.1) is 10.1 Å². The van der Waals surface area contributed by atoms with Crippen molar-refractivity contribution in [2.24, 2.45) is 0 Å². The SMILES string of the molecule is COc1ccccc1-n1c(SC)nc2cc([N+](=O)[O-])ccc21. The van der Waals surface area contributed by atoms with Crippen molar-refractivity contribution in [1.82, 2.24) is 9.55 Å². The maximum atomic E-state index is 10.9. The van der Waals surface area contributed by atoms with Gasteiger partial charge in [-0.25, -0.2) is 4.98 Å². The molecule has 0 saturated heterocycles. The third-order valence-corrected chi connectivity index (χ3v) is 3.97. The lowest BCUT2D eigenvalue weighted by molar-refractivity contribution is -0.384. The molecule has 1 aromatic heterocycles. The van der Waals surface area contributed by atoms with Gasteiger partial charge in [0.05, 0.1) is 28.8 Å². The van der Waals surface area contributed by atoms with Crippen molar-refractivity contribution in [2.75, 3.05) is 13.4 Å². The number of fused-ring (bicyclic) bond motifs is 1. The van der Waals surface area contributed by atoms with Crippen LogP contribution in [0.5, 0.6) is 5.75 Å². The molecule has 0 atom stereocenters. The van der Waals surface area contributed by atoms with Crippen LogP contribution in [0.3, 0.4) is 0 Å². The first-order valence-corrected chi connectivity index (χ1v) is 7.72. The van der Waals surface area contributed by atoms with Crippen molar-refractivity contribution in [3.05, 3.63) is 52.6 Å². The van der Waals surface area contributed by atoms with Crippen molar-refractivity contribution >= 4 is 28.5 Å². The molecule has 3 rings (SSSR count). The van der Waals surface area contributed by atoms with Gasteiger partial charge in [-0.3, -0.25) is 14.7 Å². The number of ether oxygens (including phenoxy) is 1. The number of rotatable bonds is 4. The minimum absolute atomic E-state index is 0.0322. The molecule has 7 heteroatoms. The maximum Gasteiger partial charge on any atom is 0.271 e. The summed E-state index contributed by atoms with van der Waals surface area (Å²) in [4.78, 5) is 15.0. The van der Waals surface area contributed by atoms with E-state index in [1.165, 1.54) is 23.9 Å². The van der Waals surface area contributed by atoms with Crippen molar-refractivity contribution in [3.63, 3.8) is 0 Å². The molecule has 0 bridgehead atoms. The molecule has 0 amide bonds. The predicted molar refractivity (Wildman–Crippen MR) is 86.1 cm³/mol. The number of nitrogens with zero attached hydrogens (tertiary/aromatic N) is 3. The Kier molecular flexibility index (Phi) is 3.72. The Morgan fingerprint density at radius 2 is 2.05 bits per heavy atom. The van der Waals surface area contributed by atoms with E-state index in [1.807, 2.05) is 35.1 Å². The number of nitro groups is 1. The molecule has 6 nitrogen and oxygen atoms in total. The van der Waals surface area contributed by atoms with E-state index in [0.717, 1.165) is 22.1 Å². The van der Waals surface area contributed by atoms with Crippen molar-refractivity contribution in [3.8, 4) is 11.4 Å². The molecule has 0 aliphatic heterocycles. The molecule has 112 valence electrons. The van der Waals surface area contributed by atoms with E-state index < -0.39 is 4.92 Å². The van der Waals surface area contributed by atoms with Gasteiger partial charge in [-0.1, -0.05) is 23.9 Å². The number of imidazole rings is 1. The highest BCUT2D eigenvalue weighted by molar-refractivity contribution is 7.98. The Labute approximate surface area is 130 Å². The fourth-order valence-electron chi connectivity index (χ4n) is 2.34. The van der Waals surface area contributed by atoms with Crippen LogP contribution >= 0.6 is 11.8 Å². The second-order valence-electron chi connectivity index (χ2n) is 4.54. The van der Waals surface area contributed by atoms with E-state index in [0.29, 0.717) is 5.52 Å². The average molecular weight is 315 g/mol. The zero-order chi connectivity index (χ0) is 15.7. The van der Waals surface area contributed by atoms with Crippen LogP contribution in [-0.2, 0) is 0 Å². The standard InChI is InChI=1S/C15H13N3O3S/c1-21-14-6-4-3-5-13(14)17-12-8-7-10(18(19)20)9-11(12)16-15(17)22-2/h3-9H,1-2H3. The molecule has 0 spiro atoms. The van der Waals surface area contributed by atoms with E-state index in [9.17, 15) is 10.1 Å². The molecule has 0 radical (unpaired) electrons. The first-order chi connectivity index (χ1) is 10.7. The number of methoxy groups -OCH3 is 1. The summed E-state index contributed by atoms with van der Waals surface area (Å²) in [5, 5.41) is 11.7. The van der Waals surface area contributed by atoms with Crippen LogP contribution in [0.15, 0.2) is 47.6 Å². The van der Waals surface area contributed by atoms with Gasteiger partial charge in [-0.05, 0) is 24.5 Å². The van der Waals surface area contributed by atoms with Gasteiger partial charge in [0.1, 0.15) is 5.75 Å². The van der Waals surface area contributed by atoms with E-state index >= 15 is 0 Å². The molecule has 22 heavy (non-hydrogen) atoms. The summed E-state index contributed by atoms with van der Waals surface area (Å²) in [6, 6.07) is 12.3. The Balaban J connectivity index is 2.30. The van der Waals surface area contributed by atoms with E-state index in [4.69, 9.17) is 4.74 Å². The largest absolute Gasteiger partial charge is 0.495 e. The van der Waals surface area contributed by atoms with Crippen LogP contribution in [0.25, 0.3) is 16.7 Å². The minimum atomic E-state index is -0.416. The molecule has 0 saturated carbocycles. The van der Waals surface area contributed by atoms with Crippen molar-refractivity contribution in [2.45, 2.75) is 5.16 Å². The van der Waals surface area contributed by atoms with Crippen LogP contribution in [-0.4, -0.2) is 27.8 Å². The Hall–Kier alpha value is -2.54. The summed E-state index contributed by atoms with van der Waals surface area (Å²) in [7, 11) is 1.61. The van der Waals surface area contributed by atoms with Gasteiger partial charge in [0.25, 0.3) is 5.69 Å². The highest BCUT2D eigenvalue weighted by atomic mass is 32.2. The minimum Gasteiger partial charge on any atom is -0.495 e. The molecule has 0 unspecified atom stereocenters. The Morgan fingerprint density at radius 1 is 1.27 bits per heavy atom. The number of hydrogen-bond acceptors (Lipinski definition) is 5. The van der Waals surface area contributed by atoms with Crippen LogP contribution in [0.2, 0.25) is 0 Å². The van der Waals surface area contributed by atoms with Gasteiger partial charge in [-0.2, -0.15) is 0 Å². The summed E-state index contributed by atoms with van der Waals surface area (Å²) < 4.78 is 7.36. The average Bonchev–Trinajstić information content (AvgIpc) is 2.92. The Bertz CT molecular complexity index is 860. The molecule has 2 aromatic carbocycles. The van der Waals surface area contributed by atoms with Gasteiger partial charge in [-0.15, -0.1) is 0 Å². The molecule has 0 aliphatic rings. The van der Waals surface area contributed by atoms with E-state index in [-0.39, 0.29) is 5.69 Å². The second-order valence-corrected chi connectivity index (χ2v) is 5.31. The van der Waals surface area contributed by atoms with Crippen LogP contribution < -0.4 is 4.74 Å². The maximum absolute atomic E-state index is 10.9. The van der Waals surface area contributed by atoms with Gasteiger partial charge in [0, 0.05) is 12.1 Å². The number of benzene rings is 2. The van der Waals surface area contributed by atoms with Gasteiger partial charge >= 0.3 is 0 Å². The lowest BCUT2D eigenvalue weighted by atomic mass is 10.2. The lowest BCUT2D eigenvalue weighted by Crippen LogP contribution is -1.99. The number of aromatic nitrogens is 2. The third kappa shape index (κ3) is 2.29. The normalized spacial score (nSPS) is 10.8. The molecule has 0 N–H and O–H groups in total. The van der Waals surface area contributed by atoms with E-state index in [1.54, 1.807) is 13.2 Å². The fourth-order valence-corrected chi connectivity index (χ4v) is 2.91. The second kappa shape index (κ2) is 5.69. The van der Waals surface area contributed by atoms with Gasteiger partial charge in [0.15, 0.2) is 5.16 Å². The van der Waals surface area contributed by atoms with Gasteiger partial charge < -0.3 is 4.74 Å². The van der Waals surface area contributed by atoms with Crippen LogP contribution in [0.1, 0.15) is 0 Å². The highest BCUT2D eigenvalue weighted by Crippen LogP contribution is 2.32. The smallest absolute Gasteiger partial charge is 0.271 e. The first kappa shape index (κ1) is 14.4. The molecular weight excluding hydrogens is 302 g/mol.